The van der Waals surface area contributed by atoms with E-state index in [1.54, 1.807) is 0 Å². The van der Waals surface area contributed by atoms with E-state index in [9.17, 15) is 10.1 Å². The number of halogens is 1. The Morgan fingerprint density at radius 1 is 1.04 bits per heavy atom. The highest BCUT2D eigenvalue weighted by Crippen LogP contribution is 2.32. The molecule has 0 spiro atoms. The molecule has 0 bridgehead atoms. The summed E-state index contributed by atoms with van der Waals surface area (Å²) in [5.41, 5.74) is 8.70. The van der Waals surface area contributed by atoms with Crippen LogP contribution >= 0.6 is 12.4 Å². The van der Waals surface area contributed by atoms with E-state index in [4.69, 9.17) is 5.73 Å². The van der Waals surface area contributed by atoms with Crippen LogP contribution in [0.2, 0.25) is 0 Å². The number of hydrogen-bond donors (Lipinski definition) is 2. The topological polar surface area (TPSA) is 78.9 Å². The number of carbonyl (C=O) groups excluding carboxylic acids is 1. The van der Waals surface area contributed by atoms with Crippen molar-refractivity contribution >= 4 is 29.1 Å². The molecule has 0 saturated carbocycles. The molecule has 1 amide bonds. The number of nitrogens with zero attached hydrogens (tertiary/aromatic N) is 1. The summed E-state index contributed by atoms with van der Waals surface area (Å²) in [6, 6.07) is 22.1. The Labute approximate surface area is 171 Å². The molecule has 3 aromatic rings. The molecule has 28 heavy (non-hydrogen) atoms. The SMILES string of the molecule is CC(C)(C#N)c1ccc(-c2ccc(C(=O)NCCN)c3ccccc23)cc1.Cl. The largest absolute Gasteiger partial charge is 0.351 e. The highest BCUT2D eigenvalue weighted by molar-refractivity contribution is 6.10. The predicted molar refractivity (Wildman–Crippen MR) is 117 cm³/mol. The Balaban J connectivity index is 0.00000280. The molecule has 0 heterocycles. The average Bonchev–Trinajstić information content (AvgIpc) is 2.71. The first-order chi connectivity index (χ1) is 13.0. The van der Waals surface area contributed by atoms with Crippen molar-refractivity contribution in [2.75, 3.05) is 13.1 Å². The normalized spacial score (nSPS) is 10.8. The van der Waals surface area contributed by atoms with Crippen LogP contribution in [-0.2, 0) is 5.41 Å². The van der Waals surface area contributed by atoms with E-state index in [1.807, 2.05) is 74.5 Å². The van der Waals surface area contributed by atoms with Crippen molar-refractivity contribution in [3.63, 3.8) is 0 Å². The van der Waals surface area contributed by atoms with Gasteiger partial charge in [0, 0.05) is 18.7 Å². The van der Waals surface area contributed by atoms with Crippen molar-refractivity contribution in [3.05, 3.63) is 71.8 Å². The summed E-state index contributed by atoms with van der Waals surface area (Å²) in [5.74, 6) is -0.116. The first-order valence-corrected chi connectivity index (χ1v) is 9.00. The molecule has 0 aliphatic rings. The maximum atomic E-state index is 12.5. The van der Waals surface area contributed by atoms with E-state index in [1.165, 1.54) is 0 Å². The quantitative estimate of drug-likeness (QED) is 0.673. The minimum atomic E-state index is -0.522. The van der Waals surface area contributed by atoms with Crippen molar-refractivity contribution in [1.82, 2.24) is 5.32 Å². The minimum Gasteiger partial charge on any atom is -0.351 e. The van der Waals surface area contributed by atoms with Crippen molar-refractivity contribution < 1.29 is 4.79 Å². The molecule has 3 N–H and O–H groups in total. The first-order valence-electron chi connectivity index (χ1n) is 9.00. The van der Waals surface area contributed by atoms with Crippen LogP contribution in [0, 0.1) is 11.3 Å². The summed E-state index contributed by atoms with van der Waals surface area (Å²) in [6.45, 7) is 4.68. The molecule has 0 radical (unpaired) electrons. The van der Waals surface area contributed by atoms with E-state index in [0.717, 1.165) is 27.5 Å². The number of amides is 1. The van der Waals surface area contributed by atoms with Crippen LogP contribution in [0.3, 0.4) is 0 Å². The zero-order valence-corrected chi connectivity index (χ0v) is 16.8. The summed E-state index contributed by atoms with van der Waals surface area (Å²) in [7, 11) is 0. The Kier molecular flexibility index (Phi) is 6.80. The molecule has 144 valence electrons. The van der Waals surface area contributed by atoms with E-state index in [-0.39, 0.29) is 18.3 Å². The van der Waals surface area contributed by atoms with E-state index in [0.29, 0.717) is 18.7 Å². The van der Waals surface area contributed by atoms with Gasteiger partial charge in [0.1, 0.15) is 0 Å². The summed E-state index contributed by atoms with van der Waals surface area (Å²) >= 11 is 0. The first kappa shape index (κ1) is 21.4. The number of nitrogens with one attached hydrogen (secondary N) is 1. The highest BCUT2D eigenvalue weighted by Gasteiger charge is 2.19. The number of carbonyl (C=O) groups is 1. The number of rotatable bonds is 5. The maximum Gasteiger partial charge on any atom is 0.251 e. The van der Waals surface area contributed by atoms with Gasteiger partial charge in [-0.1, -0.05) is 54.6 Å². The van der Waals surface area contributed by atoms with Crippen molar-refractivity contribution in [2.24, 2.45) is 5.73 Å². The molecule has 0 aliphatic heterocycles. The fraction of sp³-hybridized carbons (Fsp3) is 0.217. The molecule has 4 nitrogen and oxygen atoms in total. The fourth-order valence-corrected chi connectivity index (χ4v) is 3.16. The standard InChI is InChI=1S/C23H23N3O.ClH/c1-23(2,15-25)17-9-7-16(8-10-17)18-11-12-21(22(27)26-14-13-24)20-6-4-3-5-19(18)20;/h3-12H,13-14,24H2,1-2H3,(H,26,27);1H. The Hall–Kier alpha value is -2.87. The predicted octanol–water partition coefficient (Wildman–Crippen LogP) is 4.42. The molecule has 0 saturated heterocycles. The summed E-state index contributed by atoms with van der Waals surface area (Å²) in [5, 5.41) is 14.1. The number of nitriles is 1. The second-order valence-electron chi connectivity index (χ2n) is 7.06. The van der Waals surface area contributed by atoms with Gasteiger partial charge >= 0.3 is 0 Å². The maximum absolute atomic E-state index is 12.5. The van der Waals surface area contributed by atoms with Crippen LogP contribution in [0.15, 0.2) is 60.7 Å². The average molecular weight is 394 g/mol. The van der Waals surface area contributed by atoms with Crippen molar-refractivity contribution in [2.45, 2.75) is 19.3 Å². The van der Waals surface area contributed by atoms with Gasteiger partial charge in [-0.3, -0.25) is 4.79 Å². The van der Waals surface area contributed by atoms with Crippen LogP contribution in [-0.4, -0.2) is 19.0 Å². The Morgan fingerprint density at radius 2 is 1.68 bits per heavy atom. The van der Waals surface area contributed by atoms with Crippen LogP contribution in [0.1, 0.15) is 29.8 Å². The van der Waals surface area contributed by atoms with Crippen LogP contribution in [0.5, 0.6) is 0 Å². The van der Waals surface area contributed by atoms with E-state index < -0.39 is 5.41 Å². The van der Waals surface area contributed by atoms with Gasteiger partial charge in [-0.2, -0.15) is 5.26 Å². The van der Waals surface area contributed by atoms with Gasteiger partial charge in [-0.05, 0) is 47.4 Å². The van der Waals surface area contributed by atoms with Crippen LogP contribution < -0.4 is 11.1 Å². The molecule has 0 atom stereocenters. The summed E-state index contributed by atoms with van der Waals surface area (Å²) in [4.78, 5) is 12.5. The van der Waals surface area contributed by atoms with Gasteiger partial charge in [0.2, 0.25) is 0 Å². The van der Waals surface area contributed by atoms with Crippen LogP contribution in [0.25, 0.3) is 21.9 Å². The molecule has 0 fully saturated rings. The van der Waals surface area contributed by atoms with Gasteiger partial charge in [0.15, 0.2) is 0 Å². The van der Waals surface area contributed by atoms with Crippen molar-refractivity contribution in [3.8, 4) is 17.2 Å². The Bertz CT molecular complexity index is 1020. The smallest absolute Gasteiger partial charge is 0.251 e. The van der Waals surface area contributed by atoms with Gasteiger partial charge in [0.05, 0.1) is 11.5 Å². The van der Waals surface area contributed by atoms with E-state index in [2.05, 4.69) is 11.4 Å². The van der Waals surface area contributed by atoms with Gasteiger partial charge < -0.3 is 11.1 Å². The molecular formula is C23H24ClN3O. The zero-order valence-electron chi connectivity index (χ0n) is 16.0. The molecule has 3 rings (SSSR count). The third-order valence-electron chi connectivity index (χ3n) is 4.80. The number of benzene rings is 3. The molecule has 0 unspecified atom stereocenters. The lowest BCUT2D eigenvalue weighted by atomic mass is 9.85. The molecule has 3 aromatic carbocycles. The monoisotopic (exact) mass is 393 g/mol. The minimum absolute atomic E-state index is 0. The summed E-state index contributed by atoms with van der Waals surface area (Å²) < 4.78 is 0. The second-order valence-corrected chi connectivity index (χ2v) is 7.06. The van der Waals surface area contributed by atoms with Gasteiger partial charge in [-0.25, -0.2) is 0 Å². The molecule has 0 aromatic heterocycles. The second kappa shape index (κ2) is 8.88. The number of fused-ring (bicyclic) bond motifs is 1. The third kappa shape index (κ3) is 4.17. The van der Waals surface area contributed by atoms with Gasteiger partial charge in [-0.15, -0.1) is 12.4 Å². The van der Waals surface area contributed by atoms with Crippen molar-refractivity contribution in [1.29, 1.82) is 5.26 Å². The highest BCUT2D eigenvalue weighted by atomic mass is 35.5. The van der Waals surface area contributed by atoms with E-state index >= 15 is 0 Å². The van der Waals surface area contributed by atoms with Gasteiger partial charge in [0.25, 0.3) is 5.91 Å². The molecular weight excluding hydrogens is 370 g/mol. The molecule has 0 aliphatic carbocycles. The Morgan fingerprint density at radius 3 is 2.29 bits per heavy atom. The lowest BCUT2D eigenvalue weighted by Gasteiger charge is -2.17. The lowest BCUT2D eigenvalue weighted by Crippen LogP contribution is -2.29. The lowest BCUT2D eigenvalue weighted by molar-refractivity contribution is 0.0956. The third-order valence-corrected chi connectivity index (χ3v) is 4.80. The fourth-order valence-electron chi connectivity index (χ4n) is 3.16. The van der Waals surface area contributed by atoms with Crippen LogP contribution in [0.4, 0.5) is 0 Å². The number of hydrogen-bond acceptors (Lipinski definition) is 3. The summed E-state index contributed by atoms with van der Waals surface area (Å²) in [6.07, 6.45) is 0. The molecule has 5 heteroatoms. The zero-order chi connectivity index (χ0) is 19.4. The number of nitrogens with two attached hydrogens (primary N) is 1.